The Morgan fingerprint density at radius 3 is 2.57 bits per heavy atom. The molecule has 3 aromatic rings. The van der Waals surface area contributed by atoms with E-state index in [4.69, 9.17) is 0 Å². The maximum Gasteiger partial charge on any atom is 0.326 e. The van der Waals surface area contributed by atoms with E-state index in [0.717, 1.165) is 5.69 Å². The van der Waals surface area contributed by atoms with Crippen molar-refractivity contribution < 1.29 is 8.42 Å². The number of hydrogen-bond acceptors (Lipinski definition) is 6. The number of nitrogens with zero attached hydrogens (tertiary/aromatic N) is 3. The van der Waals surface area contributed by atoms with Crippen LogP contribution in [0.1, 0.15) is 12.0 Å². The molecule has 2 N–H and O–H groups in total. The summed E-state index contributed by atoms with van der Waals surface area (Å²) in [4.78, 5) is 30.1. The summed E-state index contributed by atoms with van der Waals surface area (Å²) in [5.41, 5.74) is 0.337. The fourth-order valence-electron chi connectivity index (χ4n) is 3.67. The Hall–Kier alpha value is -3.42. The first-order chi connectivity index (χ1) is 14.4. The van der Waals surface area contributed by atoms with Crippen molar-refractivity contribution in [3.63, 3.8) is 0 Å². The van der Waals surface area contributed by atoms with E-state index in [9.17, 15) is 23.3 Å². The van der Waals surface area contributed by atoms with Crippen LogP contribution in [0.4, 0.5) is 5.69 Å². The van der Waals surface area contributed by atoms with E-state index >= 15 is 0 Å². The van der Waals surface area contributed by atoms with Gasteiger partial charge in [-0.3, -0.25) is 9.78 Å². The molecule has 30 heavy (non-hydrogen) atoms. The molecule has 2 heterocycles. The van der Waals surface area contributed by atoms with Crippen LogP contribution in [0.2, 0.25) is 0 Å². The average molecular weight is 425 g/mol. The number of fused-ring (bicyclic) bond motifs is 1. The van der Waals surface area contributed by atoms with Gasteiger partial charge in [0.1, 0.15) is 6.07 Å². The van der Waals surface area contributed by atoms with E-state index in [0.29, 0.717) is 31.6 Å². The number of nitriles is 1. The van der Waals surface area contributed by atoms with Gasteiger partial charge in [0.05, 0.1) is 27.0 Å². The lowest BCUT2D eigenvalue weighted by Gasteiger charge is -2.24. The topological polar surface area (TPSA) is 130 Å². The van der Waals surface area contributed by atoms with Crippen molar-refractivity contribution in [1.29, 1.82) is 5.26 Å². The molecule has 2 aromatic carbocycles. The number of anilines is 1. The van der Waals surface area contributed by atoms with Crippen molar-refractivity contribution in [1.82, 2.24) is 14.3 Å². The summed E-state index contributed by atoms with van der Waals surface area (Å²) in [5, 5.41) is 9.45. The summed E-state index contributed by atoms with van der Waals surface area (Å²) in [6.07, 6.45) is 0.598. The SMILES string of the molecule is N#Cc1ccccc1N1CCCN(S(=O)(=O)c2ccc3[nH]c(=O)[nH]c(=O)c3c2)CC1. The molecule has 0 aliphatic carbocycles. The highest BCUT2D eigenvalue weighted by atomic mass is 32.2. The quantitative estimate of drug-likeness (QED) is 0.644. The predicted octanol–water partition coefficient (Wildman–Crippen LogP) is 0.989. The van der Waals surface area contributed by atoms with Crippen LogP contribution in [0.3, 0.4) is 0 Å². The Bertz CT molecular complexity index is 1370. The summed E-state index contributed by atoms with van der Waals surface area (Å²) in [7, 11) is -3.83. The Kier molecular flexibility index (Phi) is 5.15. The Morgan fingerprint density at radius 2 is 1.77 bits per heavy atom. The van der Waals surface area contributed by atoms with Crippen molar-refractivity contribution in [3.05, 3.63) is 68.9 Å². The van der Waals surface area contributed by atoms with Crippen molar-refractivity contribution >= 4 is 26.6 Å². The number of aromatic amines is 2. The monoisotopic (exact) mass is 425 g/mol. The third-order valence-electron chi connectivity index (χ3n) is 5.17. The first kappa shape index (κ1) is 19.9. The van der Waals surface area contributed by atoms with Crippen LogP contribution >= 0.6 is 0 Å². The van der Waals surface area contributed by atoms with Gasteiger partial charge in [-0.25, -0.2) is 13.2 Å². The normalized spacial score (nSPS) is 15.6. The summed E-state index contributed by atoms with van der Waals surface area (Å²) in [6, 6.07) is 13.5. The van der Waals surface area contributed by atoms with Crippen molar-refractivity contribution in [3.8, 4) is 6.07 Å². The van der Waals surface area contributed by atoms with Crippen LogP contribution in [-0.4, -0.2) is 48.9 Å². The summed E-state index contributed by atoms with van der Waals surface area (Å²) in [6.45, 7) is 1.65. The maximum absolute atomic E-state index is 13.2. The summed E-state index contributed by atoms with van der Waals surface area (Å²) in [5.74, 6) is 0. The number of rotatable bonds is 3. The van der Waals surface area contributed by atoms with Crippen LogP contribution in [0.25, 0.3) is 10.9 Å². The number of H-pyrrole nitrogens is 2. The molecule has 1 fully saturated rings. The van der Waals surface area contributed by atoms with Gasteiger partial charge in [-0.05, 0) is 36.8 Å². The van der Waals surface area contributed by atoms with E-state index in [1.807, 2.05) is 17.0 Å². The molecule has 10 heteroatoms. The number of sulfonamides is 1. The zero-order valence-electron chi connectivity index (χ0n) is 16.0. The second kappa shape index (κ2) is 7.78. The number of aromatic nitrogens is 2. The first-order valence-corrected chi connectivity index (χ1v) is 10.8. The van der Waals surface area contributed by atoms with E-state index in [1.54, 1.807) is 12.1 Å². The number of para-hydroxylation sites is 1. The van der Waals surface area contributed by atoms with Crippen LogP contribution < -0.4 is 16.1 Å². The molecule has 0 spiro atoms. The lowest BCUT2D eigenvalue weighted by molar-refractivity contribution is 0.433. The molecular formula is C20H19N5O4S. The van der Waals surface area contributed by atoms with Gasteiger partial charge >= 0.3 is 5.69 Å². The molecule has 1 saturated heterocycles. The maximum atomic E-state index is 13.2. The zero-order chi connectivity index (χ0) is 21.3. The molecule has 0 bridgehead atoms. The molecule has 0 saturated carbocycles. The minimum Gasteiger partial charge on any atom is -0.369 e. The van der Waals surface area contributed by atoms with E-state index in [1.165, 1.54) is 22.5 Å². The molecule has 1 aliphatic rings. The third kappa shape index (κ3) is 3.60. The molecule has 0 radical (unpaired) electrons. The van der Waals surface area contributed by atoms with Gasteiger partial charge in [-0.2, -0.15) is 9.57 Å². The average Bonchev–Trinajstić information content (AvgIpc) is 3.00. The highest BCUT2D eigenvalue weighted by Crippen LogP contribution is 2.24. The predicted molar refractivity (Wildman–Crippen MR) is 112 cm³/mol. The van der Waals surface area contributed by atoms with Crippen molar-refractivity contribution in [2.24, 2.45) is 0 Å². The second-order valence-electron chi connectivity index (χ2n) is 6.99. The molecular weight excluding hydrogens is 406 g/mol. The van der Waals surface area contributed by atoms with Gasteiger partial charge in [0.15, 0.2) is 0 Å². The lowest BCUT2D eigenvalue weighted by atomic mass is 10.1. The number of nitrogens with one attached hydrogen (secondary N) is 2. The molecule has 0 amide bonds. The van der Waals surface area contributed by atoms with Gasteiger partial charge in [0, 0.05) is 26.2 Å². The van der Waals surface area contributed by atoms with Crippen LogP contribution in [0, 0.1) is 11.3 Å². The van der Waals surface area contributed by atoms with E-state index in [-0.39, 0.29) is 22.3 Å². The van der Waals surface area contributed by atoms with Crippen LogP contribution in [0.5, 0.6) is 0 Å². The first-order valence-electron chi connectivity index (χ1n) is 9.41. The second-order valence-corrected chi connectivity index (χ2v) is 8.93. The van der Waals surface area contributed by atoms with E-state index < -0.39 is 21.3 Å². The largest absolute Gasteiger partial charge is 0.369 e. The standard InChI is InChI=1S/C20H19N5O4S/c21-13-14-4-1-2-5-18(14)24-8-3-9-25(11-10-24)30(28,29)15-6-7-17-16(12-15)19(26)23-20(27)22-17/h1-2,4-7,12H,3,8-11H2,(H2,22,23,26,27). The highest BCUT2D eigenvalue weighted by molar-refractivity contribution is 7.89. The highest BCUT2D eigenvalue weighted by Gasteiger charge is 2.28. The van der Waals surface area contributed by atoms with Gasteiger partial charge < -0.3 is 9.88 Å². The van der Waals surface area contributed by atoms with Gasteiger partial charge in [-0.1, -0.05) is 12.1 Å². The third-order valence-corrected chi connectivity index (χ3v) is 7.06. The molecule has 0 atom stereocenters. The van der Waals surface area contributed by atoms with Gasteiger partial charge in [0.2, 0.25) is 10.0 Å². The molecule has 1 aliphatic heterocycles. The van der Waals surface area contributed by atoms with Gasteiger partial charge in [-0.15, -0.1) is 0 Å². The summed E-state index contributed by atoms with van der Waals surface area (Å²) >= 11 is 0. The van der Waals surface area contributed by atoms with Gasteiger partial charge in [0.25, 0.3) is 5.56 Å². The molecule has 154 valence electrons. The lowest BCUT2D eigenvalue weighted by Crippen LogP contribution is -2.35. The Labute approximate surface area is 172 Å². The molecule has 9 nitrogen and oxygen atoms in total. The molecule has 0 unspecified atom stereocenters. The van der Waals surface area contributed by atoms with Crippen molar-refractivity contribution in [2.75, 3.05) is 31.1 Å². The smallest absolute Gasteiger partial charge is 0.326 e. The van der Waals surface area contributed by atoms with Crippen LogP contribution in [0.15, 0.2) is 56.9 Å². The van der Waals surface area contributed by atoms with Crippen LogP contribution in [-0.2, 0) is 10.0 Å². The molecule has 4 rings (SSSR count). The Morgan fingerprint density at radius 1 is 0.967 bits per heavy atom. The summed E-state index contributed by atoms with van der Waals surface area (Å²) < 4.78 is 27.8. The zero-order valence-corrected chi connectivity index (χ0v) is 16.8. The Balaban J connectivity index is 1.62. The number of hydrogen-bond donors (Lipinski definition) is 2. The fourth-order valence-corrected chi connectivity index (χ4v) is 5.17. The fraction of sp³-hybridized carbons (Fsp3) is 0.250. The van der Waals surface area contributed by atoms with Crippen molar-refractivity contribution in [2.45, 2.75) is 11.3 Å². The molecule has 1 aromatic heterocycles. The number of benzene rings is 2. The minimum absolute atomic E-state index is 0.00146. The minimum atomic E-state index is -3.83. The van der Waals surface area contributed by atoms with E-state index in [2.05, 4.69) is 16.0 Å².